The maximum Gasteiger partial charge on any atom is 1.00 e. The Kier molecular flexibility index (Phi) is 7.01. The summed E-state index contributed by atoms with van der Waals surface area (Å²) in [7, 11) is -10.8. The standard InChI is InChI=1S/C6H8O8S2.2Li/c7-4-1-2-6(8,16(12,13)14)5(3-4)15(9,10)11;;/h1-3,5,7-8H,(H,9,10,11)(H,12,13,14);;/q;2*+1/p-2. The molecule has 12 heteroatoms. The Balaban J connectivity index is 0. The van der Waals surface area contributed by atoms with E-state index in [1.807, 2.05) is 0 Å². The minimum absolute atomic E-state index is 0. The number of allylic oxidation sites excluding steroid dienone is 1. The first-order valence-electron chi connectivity index (χ1n) is 3.71. The van der Waals surface area contributed by atoms with Crippen LogP contribution in [-0.2, 0) is 20.2 Å². The van der Waals surface area contributed by atoms with Gasteiger partial charge < -0.3 is 19.3 Å². The van der Waals surface area contributed by atoms with Crippen molar-refractivity contribution < 1.29 is 73.9 Å². The van der Waals surface area contributed by atoms with E-state index in [1.165, 1.54) is 0 Å². The largest absolute Gasteiger partial charge is 1.00 e. The molecule has 0 radical (unpaired) electrons. The Labute approximate surface area is 128 Å². The fraction of sp³-hybridized carbons (Fsp3) is 0.333. The van der Waals surface area contributed by atoms with Gasteiger partial charge in [0.05, 0.1) is 0 Å². The van der Waals surface area contributed by atoms with Crippen molar-refractivity contribution in [2.75, 3.05) is 0 Å². The molecule has 1 aliphatic carbocycles. The van der Waals surface area contributed by atoms with E-state index in [4.69, 9.17) is 5.11 Å². The van der Waals surface area contributed by atoms with Crippen molar-refractivity contribution in [1.29, 1.82) is 0 Å². The van der Waals surface area contributed by atoms with Gasteiger partial charge in [-0.3, -0.25) is 0 Å². The first-order chi connectivity index (χ1) is 6.98. The van der Waals surface area contributed by atoms with Gasteiger partial charge in [0.25, 0.3) is 0 Å². The van der Waals surface area contributed by atoms with Crippen LogP contribution in [0, 0.1) is 0 Å². The van der Waals surface area contributed by atoms with Crippen LogP contribution in [0.1, 0.15) is 0 Å². The molecule has 2 N–H and O–H groups in total. The zero-order valence-electron chi connectivity index (χ0n) is 9.47. The molecule has 92 valence electrons. The van der Waals surface area contributed by atoms with Crippen molar-refractivity contribution >= 4 is 20.2 Å². The minimum Gasteiger partial charge on any atom is -0.747 e. The average molecular weight is 284 g/mol. The van der Waals surface area contributed by atoms with E-state index in [2.05, 4.69) is 0 Å². The molecule has 0 aromatic heterocycles. The molecular weight excluding hydrogens is 278 g/mol. The molecule has 0 aromatic rings. The normalized spacial score (nSPS) is 27.7. The van der Waals surface area contributed by atoms with Crippen LogP contribution in [0.3, 0.4) is 0 Å². The van der Waals surface area contributed by atoms with Gasteiger partial charge in [-0.1, -0.05) is 0 Å². The van der Waals surface area contributed by atoms with E-state index >= 15 is 0 Å². The summed E-state index contributed by atoms with van der Waals surface area (Å²) in [5.41, 5.74) is 0. The van der Waals surface area contributed by atoms with Gasteiger partial charge in [0.1, 0.15) is 31.2 Å². The Morgan fingerprint density at radius 2 is 1.61 bits per heavy atom. The van der Waals surface area contributed by atoms with Gasteiger partial charge in [0.2, 0.25) is 0 Å². The van der Waals surface area contributed by atoms with Gasteiger partial charge in [0, 0.05) is 0 Å². The summed E-state index contributed by atoms with van der Waals surface area (Å²) in [5, 5.41) is 15.7. The zero-order valence-corrected chi connectivity index (χ0v) is 11.1. The second-order valence-corrected chi connectivity index (χ2v) is 6.10. The molecule has 0 amide bonds. The first kappa shape index (κ1) is 20.6. The third kappa shape index (κ3) is 3.87. The Morgan fingerprint density at radius 1 is 1.17 bits per heavy atom. The minimum atomic E-state index is -5.50. The van der Waals surface area contributed by atoms with Gasteiger partial charge in [-0.05, 0) is 18.2 Å². The van der Waals surface area contributed by atoms with E-state index in [0.717, 1.165) is 0 Å². The van der Waals surface area contributed by atoms with Crippen molar-refractivity contribution in [3.05, 3.63) is 24.0 Å². The van der Waals surface area contributed by atoms with Crippen molar-refractivity contribution in [2.24, 2.45) is 0 Å². The van der Waals surface area contributed by atoms with Crippen LogP contribution < -0.4 is 37.7 Å². The Hall–Kier alpha value is 0.255. The second kappa shape index (κ2) is 6.14. The number of hydrogen-bond donors (Lipinski definition) is 2. The fourth-order valence-corrected chi connectivity index (χ4v) is 3.24. The molecular formula is C6H6Li2O8S2. The molecule has 0 saturated carbocycles. The van der Waals surface area contributed by atoms with E-state index in [9.17, 15) is 31.0 Å². The smallest absolute Gasteiger partial charge is 0.747 e. The summed E-state index contributed by atoms with van der Waals surface area (Å²) < 4.78 is 64.2. The van der Waals surface area contributed by atoms with E-state index in [1.54, 1.807) is 0 Å². The Morgan fingerprint density at radius 3 is 1.94 bits per heavy atom. The monoisotopic (exact) mass is 284 g/mol. The van der Waals surface area contributed by atoms with Crippen LogP contribution in [0.2, 0.25) is 0 Å². The molecule has 2 atom stereocenters. The SMILES string of the molecule is O=S(=O)([O-])C1C=C(O)C=CC1(O)S(=O)(=O)[O-].[Li+].[Li+]. The quantitative estimate of drug-likeness (QED) is 0.374. The summed E-state index contributed by atoms with van der Waals surface area (Å²) in [6, 6.07) is 0. The Bertz CT molecular complexity index is 562. The number of rotatable bonds is 2. The molecule has 0 spiro atoms. The van der Waals surface area contributed by atoms with E-state index < -0.39 is 36.2 Å². The number of hydrogen-bond acceptors (Lipinski definition) is 8. The third-order valence-corrected chi connectivity index (χ3v) is 4.39. The summed E-state index contributed by atoms with van der Waals surface area (Å²) in [5.74, 6) is -0.738. The fourth-order valence-electron chi connectivity index (χ4n) is 1.15. The van der Waals surface area contributed by atoms with Crippen molar-refractivity contribution in [2.45, 2.75) is 10.2 Å². The van der Waals surface area contributed by atoms with Crippen molar-refractivity contribution in [3.63, 3.8) is 0 Å². The third-order valence-electron chi connectivity index (χ3n) is 1.93. The molecule has 0 bridgehead atoms. The summed E-state index contributed by atoms with van der Waals surface area (Å²) >= 11 is 0. The summed E-state index contributed by atoms with van der Waals surface area (Å²) in [6.07, 6.45) is 1.15. The van der Waals surface area contributed by atoms with Gasteiger partial charge in [-0.25, -0.2) is 16.8 Å². The number of aliphatic hydroxyl groups excluding tert-OH is 1. The van der Waals surface area contributed by atoms with Gasteiger partial charge in [0.15, 0.2) is 4.93 Å². The van der Waals surface area contributed by atoms with Gasteiger partial charge >= 0.3 is 37.7 Å². The molecule has 0 aromatic carbocycles. The molecule has 8 nitrogen and oxygen atoms in total. The molecule has 0 heterocycles. The predicted octanol–water partition coefficient (Wildman–Crippen LogP) is -7.85. The molecule has 1 aliphatic rings. The maximum atomic E-state index is 10.7. The average Bonchev–Trinajstić information content (AvgIpc) is 2.05. The number of aliphatic hydroxyl groups is 2. The van der Waals surface area contributed by atoms with Crippen LogP contribution in [-0.4, -0.2) is 46.3 Å². The summed E-state index contributed by atoms with van der Waals surface area (Å²) in [6.45, 7) is 0. The van der Waals surface area contributed by atoms with Crippen molar-refractivity contribution in [1.82, 2.24) is 0 Å². The predicted molar refractivity (Wildman–Crippen MR) is 48.0 cm³/mol. The van der Waals surface area contributed by atoms with Crippen LogP contribution in [0.15, 0.2) is 24.0 Å². The van der Waals surface area contributed by atoms with Crippen LogP contribution in [0.5, 0.6) is 0 Å². The van der Waals surface area contributed by atoms with Crippen LogP contribution in [0.25, 0.3) is 0 Å². The van der Waals surface area contributed by atoms with E-state index in [0.29, 0.717) is 6.08 Å². The zero-order chi connectivity index (χ0) is 12.8. The molecule has 18 heavy (non-hydrogen) atoms. The first-order valence-corrected chi connectivity index (χ1v) is 6.59. The van der Waals surface area contributed by atoms with Crippen molar-refractivity contribution in [3.8, 4) is 0 Å². The second-order valence-electron chi connectivity index (χ2n) is 3.04. The molecule has 0 saturated heterocycles. The maximum absolute atomic E-state index is 10.7. The topological polar surface area (TPSA) is 155 Å². The van der Waals surface area contributed by atoms with E-state index in [-0.39, 0.29) is 49.9 Å². The van der Waals surface area contributed by atoms with Gasteiger partial charge in [-0.2, -0.15) is 0 Å². The molecule has 0 aliphatic heterocycles. The van der Waals surface area contributed by atoms with Gasteiger partial charge in [-0.15, -0.1) is 0 Å². The molecule has 0 fully saturated rings. The summed E-state index contributed by atoms with van der Waals surface area (Å²) in [4.78, 5) is -3.40. The molecule has 1 rings (SSSR count). The van der Waals surface area contributed by atoms with Crippen LogP contribution in [0.4, 0.5) is 0 Å². The molecule has 2 unspecified atom stereocenters. The van der Waals surface area contributed by atoms with Crippen LogP contribution >= 0.6 is 0 Å².